The Morgan fingerprint density at radius 2 is 2.11 bits per heavy atom. The van der Waals surface area contributed by atoms with Crippen molar-refractivity contribution in [2.45, 2.75) is 31.5 Å². The van der Waals surface area contributed by atoms with Gasteiger partial charge in [0.25, 0.3) is 5.91 Å². The Kier molecular flexibility index (Phi) is 2.29. The highest BCUT2D eigenvalue weighted by Crippen LogP contribution is 2.47. The van der Waals surface area contributed by atoms with Gasteiger partial charge in [0.1, 0.15) is 0 Å². The van der Waals surface area contributed by atoms with E-state index in [0.717, 1.165) is 25.9 Å². The molecule has 0 aliphatic carbocycles. The molecule has 3 saturated heterocycles. The number of rotatable bonds is 0. The average molecular weight is 252 g/mol. The molecule has 3 aliphatic heterocycles. The summed E-state index contributed by atoms with van der Waals surface area (Å²) in [6.45, 7) is 3.93. The molecule has 2 amide bonds. The first-order valence-corrected chi connectivity index (χ1v) is 6.48. The van der Waals surface area contributed by atoms with E-state index >= 15 is 0 Å². The molecule has 3 fully saturated rings. The third kappa shape index (κ3) is 1.30. The predicted octanol–water partition coefficient (Wildman–Crippen LogP) is -1.38. The molecule has 6 nitrogen and oxygen atoms in total. The Bertz CT molecular complexity index is 426. The zero-order chi connectivity index (χ0) is 13.1. The Labute approximate surface area is 106 Å². The second-order valence-corrected chi connectivity index (χ2v) is 6.17. The van der Waals surface area contributed by atoms with E-state index in [9.17, 15) is 9.59 Å². The number of hydrogen-bond donors (Lipinski definition) is 3. The minimum absolute atomic E-state index is 0.0651. The van der Waals surface area contributed by atoms with Gasteiger partial charge in [-0.1, -0.05) is 6.92 Å². The maximum Gasteiger partial charge on any atom is 0.263 e. The molecule has 0 saturated carbocycles. The van der Waals surface area contributed by atoms with E-state index in [2.05, 4.69) is 29.5 Å². The molecular formula is C12H20N4O2. The van der Waals surface area contributed by atoms with Crippen LogP contribution in [-0.4, -0.2) is 48.6 Å². The monoisotopic (exact) mass is 252 g/mol. The number of carbonyl (C=O) groups excluding carboxylic acids is 2. The van der Waals surface area contributed by atoms with Gasteiger partial charge in [0.2, 0.25) is 5.91 Å². The number of likely N-dealkylation sites (tertiary alicyclic amines) is 1. The maximum atomic E-state index is 12.2. The largest absolute Gasteiger partial charge is 0.345 e. The molecule has 3 heterocycles. The number of nitrogens with two attached hydrogens (primary N) is 1. The van der Waals surface area contributed by atoms with Gasteiger partial charge in [-0.15, -0.1) is 0 Å². The number of carbonyl (C=O) groups is 2. The van der Waals surface area contributed by atoms with Crippen LogP contribution in [0.15, 0.2) is 0 Å². The Morgan fingerprint density at radius 1 is 1.39 bits per heavy atom. The van der Waals surface area contributed by atoms with E-state index in [1.165, 1.54) is 0 Å². The first-order valence-electron chi connectivity index (χ1n) is 6.48. The van der Waals surface area contributed by atoms with Crippen LogP contribution in [0.25, 0.3) is 0 Å². The highest BCUT2D eigenvalue weighted by Gasteiger charge is 2.67. The smallest absolute Gasteiger partial charge is 0.263 e. The first kappa shape index (κ1) is 11.9. The van der Waals surface area contributed by atoms with Crippen molar-refractivity contribution in [2.75, 3.05) is 20.1 Å². The fourth-order valence-electron chi connectivity index (χ4n) is 3.70. The molecule has 18 heavy (non-hydrogen) atoms. The molecule has 3 unspecified atom stereocenters. The minimum atomic E-state index is -1.19. The maximum absolute atomic E-state index is 12.2. The Balaban J connectivity index is 1.97. The van der Waals surface area contributed by atoms with Crippen LogP contribution in [0.1, 0.15) is 19.8 Å². The molecule has 3 rings (SSSR count). The van der Waals surface area contributed by atoms with Crippen molar-refractivity contribution in [2.24, 2.45) is 17.1 Å². The molecule has 3 aliphatic rings. The number of nitrogens with one attached hydrogen (secondary N) is 2. The van der Waals surface area contributed by atoms with Crippen molar-refractivity contribution in [1.29, 1.82) is 0 Å². The second kappa shape index (κ2) is 3.45. The number of fused-ring (bicyclic) bond motifs is 3. The zero-order valence-corrected chi connectivity index (χ0v) is 10.8. The highest BCUT2D eigenvalue weighted by molar-refractivity contribution is 6.00. The van der Waals surface area contributed by atoms with Crippen LogP contribution >= 0.6 is 0 Å². The zero-order valence-electron chi connectivity index (χ0n) is 10.8. The summed E-state index contributed by atoms with van der Waals surface area (Å²) in [6.07, 6.45) is 1.70. The fourth-order valence-corrected chi connectivity index (χ4v) is 3.70. The van der Waals surface area contributed by atoms with Crippen molar-refractivity contribution in [3.8, 4) is 0 Å². The third-order valence-electron chi connectivity index (χ3n) is 5.04. The van der Waals surface area contributed by atoms with E-state index in [1.807, 2.05) is 0 Å². The van der Waals surface area contributed by atoms with E-state index in [-0.39, 0.29) is 29.2 Å². The molecule has 0 bridgehead atoms. The average Bonchev–Trinajstić information content (AvgIpc) is 2.46. The van der Waals surface area contributed by atoms with Gasteiger partial charge in [0, 0.05) is 11.3 Å². The van der Waals surface area contributed by atoms with Crippen molar-refractivity contribution in [1.82, 2.24) is 15.5 Å². The minimum Gasteiger partial charge on any atom is -0.345 e. The molecule has 0 aromatic carbocycles. The SMILES string of the molecule is CN1CCC2C(=O)N[C@]3(N)C(=O)NC3C2(C)CC1. The first-order chi connectivity index (χ1) is 8.38. The van der Waals surface area contributed by atoms with Crippen molar-refractivity contribution in [3.63, 3.8) is 0 Å². The van der Waals surface area contributed by atoms with Crippen molar-refractivity contribution >= 4 is 11.8 Å². The van der Waals surface area contributed by atoms with E-state index in [0.29, 0.717) is 0 Å². The highest BCUT2D eigenvalue weighted by atomic mass is 16.2. The van der Waals surface area contributed by atoms with Crippen molar-refractivity contribution < 1.29 is 9.59 Å². The van der Waals surface area contributed by atoms with Gasteiger partial charge in [0.05, 0.1) is 6.04 Å². The van der Waals surface area contributed by atoms with E-state index < -0.39 is 5.66 Å². The number of amides is 2. The standard InChI is InChI=1S/C12H20N4O2/c1-11-4-6-16(2)5-3-7(11)8(17)15-12(13)9(11)14-10(12)18/h7,9H,3-6,13H2,1-2H3,(H,14,18)(H,15,17)/t7?,9?,11?,12-/m0/s1. The summed E-state index contributed by atoms with van der Waals surface area (Å²) in [6, 6.07) is -0.147. The van der Waals surface area contributed by atoms with Crippen LogP contribution in [0.5, 0.6) is 0 Å². The molecule has 0 aromatic heterocycles. The van der Waals surface area contributed by atoms with Crippen molar-refractivity contribution in [3.05, 3.63) is 0 Å². The quantitative estimate of drug-likeness (QED) is 0.464. The molecule has 4 atom stereocenters. The summed E-state index contributed by atoms with van der Waals surface area (Å²) in [5, 5.41) is 5.61. The van der Waals surface area contributed by atoms with Crippen LogP contribution in [0.3, 0.4) is 0 Å². The summed E-state index contributed by atoms with van der Waals surface area (Å²) in [5.74, 6) is -0.399. The fraction of sp³-hybridized carbons (Fsp3) is 0.833. The number of nitrogens with zero attached hydrogens (tertiary/aromatic N) is 1. The van der Waals surface area contributed by atoms with Crippen LogP contribution < -0.4 is 16.4 Å². The van der Waals surface area contributed by atoms with Gasteiger partial charge in [0.15, 0.2) is 5.66 Å². The molecule has 6 heteroatoms. The van der Waals surface area contributed by atoms with Crippen LogP contribution in [0.2, 0.25) is 0 Å². The second-order valence-electron chi connectivity index (χ2n) is 6.17. The van der Waals surface area contributed by atoms with Gasteiger partial charge in [-0.2, -0.15) is 0 Å². The summed E-state index contributed by atoms with van der Waals surface area (Å²) in [5.41, 5.74) is 4.63. The van der Waals surface area contributed by atoms with Gasteiger partial charge in [-0.05, 0) is 33.0 Å². The van der Waals surface area contributed by atoms with Gasteiger partial charge in [-0.25, -0.2) is 0 Å². The summed E-state index contributed by atoms with van der Waals surface area (Å²) in [7, 11) is 2.06. The van der Waals surface area contributed by atoms with Gasteiger partial charge >= 0.3 is 0 Å². The Hall–Kier alpha value is -1.14. The molecule has 0 spiro atoms. The summed E-state index contributed by atoms with van der Waals surface area (Å²) < 4.78 is 0. The van der Waals surface area contributed by atoms with Crippen LogP contribution in [-0.2, 0) is 9.59 Å². The summed E-state index contributed by atoms with van der Waals surface area (Å²) in [4.78, 5) is 26.1. The number of piperidine rings is 1. The van der Waals surface area contributed by atoms with Gasteiger partial charge in [-0.3, -0.25) is 15.3 Å². The lowest BCUT2D eigenvalue weighted by Crippen LogP contribution is -2.90. The van der Waals surface area contributed by atoms with E-state index in [4.69, 9.17) is 5.73 Å². The van der Waals surface area contributed by atoms with Crippen LogP contribution in [0.4, 0.5) is 0 Å². The summed E-state index contributed by atoms with van der Waals surface area (Å²) >= 11 is 0. The molecule has 0 radical (unpaired) electrons. The molecule has 4 N–H and O–H groups in total. The number of hydrogen-bond acceptors (Lipinski definition) is 4. The van der Waals surface area contributed by atoms with Crippen LogP contribution in [0, 0.1) is 11.3 Å². The lowest BCUT2D eigenvalue weighted by molar-refractivity contribution is -0.164. The third-order valence-corrected chi connectivity index (χ3v) is 5.04. The van der Waals surface area contributed by atoms with Gasteiger partial charge < -0.3 is 15.5 Å². The lowest BCUT2D eigenvalue weighted by Gasteiger charge is -2.59. The van der Waals surface area contributed by atoms with E-state index in [1.54, 1.807) is 0 Å². The molecule has 100 valence electrons. The normalized spacial score (nSPS) is 48.2. The number of β-lactam (4-membered cyclic amide) rings is 1. The lowest BCUT2D eigenvalue weighted by atomic mass is 9.59. The molecule has 0 aromatic rings. The Morgan fingerprint density at radius 3 is 2.78 bits per heavy atom. The topological polar surface area (TPSA) is 87.5 Å². The molecular weight excluding hydrogens is 232 g/mol. The predicted molar refractivity (Wildman–Crippen MR) is 65.3 cm³/mol.